The van der Waals surface area contributed by atoms with Gasteiger partial charge in [-0.3, -0.25) is 4.98 Å². The van der Waals surface area contributed by atoms with E-state index in [1.807, 2.05) is 12.3 Å². The van der Waals surface area contributed by atoms with Gasteiger partial charge in [0.2, 0.25) is 0 Å². The van der Waals surface area contributed by atoms with Gasteiger partial charge in [0, 0.05) is 24.0 Å². The van der Waals surface area contributed by atoms with Gasteiger partial charge < -0.3 is 5.73 Å². The zero-order valence-corrected chi connectivity index (χ0v) is 9.06. The van der Waals surface area contributed by atoms with Crippen LogP contribution >= 0.6 is 0 Å². The summed E-state index contributed by atoms with van der Waals surface area (Å²) in [6, 6.07) is 10.7. The molecule has 0 aliphatic heterocycles. The van der Waals surface area contributed by atoms with E-state index >= 15 is 0 Å². The van der Waals surface area contributed by atoms with Crippen molar-refractivity contribution in [1.82, 2.24) is 4.98 Å². The lowest BCUT2D eigenvalue weighted by Crippen LogP contribution is -2.04. The SMILES string of the molecule is NC1CCc2c(-c3cccnc3)cccc21. The summed E-state index contributed by atoms with van der Waals surface area (Å²) < 4.78 is 0. The van der Waals surface area contributed by atoms with E-state index in [4.69, 9.17) is 5.73 Å². The Morgan fingerprint density at radius 3 is 2.94 bits per heavy atom. The van der Waals surface area contributed by atoms with Crippen molar-refractivity contribution in [2.45, 2.75) is 18.9 Å². The van der Waals surface area contributed by atoms with E-state index in [1.165, 1.54) is 22.3 Å². The maximum atomic E-state index is 6.08. The first kappa shape index (κ1) is 9.55. The van der Waals surface area contributed by atoms with Gasteiger partial charge in [0.1, 0.15) is 0 Å². The van der Waals surface area contributed by atoms with E-state index in [1.54, 1.807) is 6.20 Å². The van der Waals surface area contributed by atoms with Crippen molar-refractivity contribution in [2.75, 3.05) is 0 Å². The molecule has 2 aromatic rings. The first-order chi connectivity index (χ1) is 7.86. The van der Waals surface area contributed by atoms with Crippen LogP contribution < -0.4 is 5.73 Å². The van der Waals surface area contributed by atoms with Crippen LogP contribution in [0.3, 0.4) is 0 Å². The smallest absolute Gasteiger partial charge is 0.0346 e. The van der Waals surface area contributed by atoms with Crippen LogP contribution in [0.5, 0.6) is 0 Å². The monoisotopic (exact) mass is 210 g/mol. The Morgan fingerprint density at radius 2 is 2.12 bits per heavy atom. The topological polar surface area (TPSA) is 38.9 Å². The summed E-state index contributed by atoms with van der Waals surface area (Å²) in [5.41, 5.74) is 11.3. The molecule has 2 nitrogen and oxygen atoms in total. The summed E-state index contributed by atoms with van der Waals surface area (Å²) in [5, 5.41) is 0. The number of hydrogen-bond acceptors (Lipinski definition) is 2. The fourth-order valence-electron chi connectivity index (χ4n) is 2.48. The molecule has 2 heteroatoms. The predicted molar refractivity (Wildman–Crippen MR) is 64.9 cm³/mol. The molecule has 3 rings (SSSR count). The van der Waals surface area contributed by atoms with Crippen LogP contribution in [0.4, 0.5) is 0 Å². The van der Waals surface area contributed by atoms with Crippen LogP contribution in [0.1, 0.15) is 23.6 Å². The lowest BCUT2D eigenvalue weighted by atomic mass is 9.98. The van der Waals surface area contributed by atoms with Crippen molar-refractivity contribution >= 4 is 0 Å². The lowest BCUT2D eigenvalue weighted by Gasteiger charge is -2.09. The third kappa shape index (κ3) is 1.42. The highest BCUT2D eigenvalue weighted by atomic mass is 14.6. The summed E-state index contributed by atoms with van der Waals surface area (Å²) in [4.78, 5) is 4.17. The number of nitrogens with zero attached hydrogens (tertiary/aromatic N) is 1. The number of benzene rings is 1. The number of nitrogens with two attached hydrogens (primary N) is 1. The molecule has 0 spiro atoms. The van der Waals surface area contributed by atoms with Gasteiger partial charge in [0.05, 0.1) is 0 Å². The van der Waals surface area contributed by atoms with Crippen molar-refractivity contribution in [1.29, 1.82) is 0 Å². The average Bonchev–Trinajstić information content (AvgIpc) is 2.73. The fraction of sp³-hybridized carbons (Fsp3) is 0.214. The normalized spacial score (nSPS) is 18.4. The van der Waals surface area contributed by atoms with Gasteiger partial charge in [0.15, 0.2) is 0 Å². The van der Waals surface area contributed by atoms with Crippen LogP contribution in [0.2, 0.25) is 0 Å². The van der Waals surface area contributed by atoms with Crippen molar-refractivity contribution in [3.63, 3.8) is 0 Å². The number of aromatic nitrogens is 1. The molecular formula is C14H14N2. The molecule has 16 heavy (non-hydrogen) atoms. The Hall–Kier alpha value is -1.67. The van der Waals surface area contributed by atoms with E-state index in [2.05, 4.69) is 29.2 Å². The zero-order chi connectivity index (χ0) is 11.0. The highest BCUT2D eigenvalue weighted by molar-refractivity contribution is 5.69. The minimum atomic E-state index is 0.214. The van der Waals surface area contributed by atoms with E-state index in [0.717, 1.165) is 12.8 Å². The maximum Gasteiger partial charge on any atom is 0.0346 e. The van der Waals surface area contributed by atoms with Gasteiger partial charge in [-0.05, 0) is 35.6 Å². The molecule has 1 unspecified atom stereocenters. The summed E-state index contributed by atoms with van der Waals surface area (Å²) in [7, 11) is 0. The molecule has 0 fully saturated rings. The van der Waals surface area contributed by atoms with Crippen molar-refractivity contribution in [2.24, 2.45) is 5.73 Å². The van der Waals surface area contributed by atoms with E-state index < -0.39 is 0 Å². The molecule has 0 bridgehead atoms. The van der Waals surface area contributed by atoms with Crippen LogP contribution in [0, 0.1) is 0 Å². The van der Waals surface area contributed by atoms with Gasteiger partial charge in [-0.1, -0.05) is 24.3 Å². The number of fused-ring (bicyclic) bond motifs is 1. The molecule has 1 aromatic heterocycles. The van der Waals surface area contributed by atoms with E-state index in [0.29, 0.717) is 0 Å². The molecule has 0 saturated carbocycles. The number of hydrogen-bond donors (Lipinski definition) is 1. The second-order valence-corrected chi connectivity index (χ2v) is 4.26. The summed E-state index contributed by atoms with van der Waals surface area (Å²) in [5.74, 6) is 0. The summed E-state index contributed by atoms with van der Waals surface area (Å²) in [6.45, 7) is 0. The molecule has 0 saturated heterocycles. The molecule has 1 aliphatic carbocycles. The average molecular weight is 210 g/mol. The highest BCUT2D eigenvalue weighted by Gasteiger charge is 2.21. The molecule has 0 radical (unpaired) electrons. The van der Waals surface area contributed by atoms with Gasteiger partial charge in [-0.2, -0.15) is 0 Å². The van der Waals surface area contributed by atoms with Gasteiger partial charge in [-0.15, -0.1) is 0 Å². The lowest BCUT2D eigenvalue weighted by molar-refractivity contribution is 0.713. The highest BCUT2D eigenvalue weighted by Crippen LogP contribution is 2.35. The quantitative estimate of drug-likeness (QED) is 0.786. The molecule has 80 valence electrons. The maximum absolute atomic E-state index is 6.08. The van der Waals surface area contributed by atoms with Crippen LogP contribution in [-0.4, -0.2) is 4.98 Å². The molecule has 2 N–H and O–H groups in total. The third-order valence-corrected chi connectivity index (χ3v) is 3.29. The number of pyridine rings is 1. The Balaban J connectivity index is 2.17. The Morgan fingerprint density at radius 1 is 1.19 bits per heavy atom. The van der Waals surface area contributed by atoms with Crippen LogP contribution in [-0.2, 0) is 6.42 Å². The zero-order valence-electron chi connectivity index (χ0n) is 9.06. The molecular weight excluding hydrogens is 196 g/mol. The predicted octanol–water partition coefficient (Wildman–Crippen LogP) is 2.69. The van der Waals surface area contributed by atoms with Crippen molar-refractivity contribution < 1.29 is 0 Å². The van der Waals surface area contributed by atoms with E-state index in [-0.39, 0.29) is 6.04 Å². The minimum Gasteiger partial charge on any atom is -0.324 e. The second kappa shape index (κ2) is 3.72. The third-order valence-electron chi connectivity index (χ3n) is 3.29. The van der Waals surface area contributed by atoms with Crippen LogP contribution in [0.25, 0.3) is 11.1 Å². The van der Waals surface area contributed by atoms with Crippen molar-refractivity contribution in [3.05, 3.63) is 53.9 Å². The Kier molecular flexibility index (Phi) is 2.22. The Labute approximate surface area is 95.1 Å². The first-order valence-corrected chi connectivity index (χ1v) is 5.64. The standard InChI is InChI=1S/C14H14N2/c15-14-7-6-12-11(4-1-5-13(12)14)10-3-2-8-16-9-10/h1-5,8-9,14H,6-7,15H2. The second-order valence-electron chi connectivity index (χ2n) is 4.26. The first-order valence-electron chi connectivity index (χ1n) is 5.64. The summed E-state index contributed by atoms with van der Waals surface area (Å²) in [6.07, 6.45) is 5.87. The van der Waals surface area contributed by atoms with Crippen molar-refractivity contribution in [3.8, 4) is 11.1 Å². The molecule has 1 atom stereocenters. The fourth-order valence-corrected chi connectivity index (χ4v) is 2.48. The molecule has 0 amide bonds. The summed E-state index contributed by atoms with van der Waals surface area (Å²) >= 11 is 0. The van der Waals surface area contributed by atoms with Gasteiger partial charge in [0.25, 0.3) is 0 Å². The molecule has 1 aliphatic rings. The van der Waals surface area contributed by atoms with E-state index in [9.17, 15) is 0 Å². The Bertz CT molecular complexity index is 505. The molecule has 1 aromatic carbocycles. The number of rotatable bonds is 1. The molecule has 1 heterocycles. The van der Waals surface area contributed by atoms with Crippen LogP contribution in [0.15, 0.2) is 42.7 Å². The largest absolute Gasteiger partial charge is 0.324 e. The minimum absolute atomic E-state index is 0.214. The van der Waals surface area contributed by atoms with Gasteiger partial charge >= 0.3 is 0 Å². The van der Waals surface area contributed by atoms with Gasteiger partial charge in [-0.25, -0.2) is 0 Å².